The van der Waals surface area contributed by atoms with Crippen molar-refractivity contribution in [1.82, 2.24) is 5.32 Å². The minimum atomic E-state index is -1.04. The summed E-state index contributed by atoms with van der Waals surface area (Å²) in [7, 11) is 0. The predicted molar refractivity (Wildman–Crippen MR) is 69.3 cm³/mol. The molecule has 0 bridgehead atoms. The van der Waals surface area contributed by atoms with Gasteiger partial charge in [0.2, 0.25) is 0 Å². The van der Waals surface area contributed by atoms with E-state index in [1.165, 1.54) is 0 Å². The summed E-state index contributed by atoms with van der Waals surface area (Å²) in [5, 5.41) is 11.5. The van der Waals surface area contributed by atoms with Gasteiger partial charge in [-0.15, -0.1) is 0 Å². The quantitative estimate of drug-likeness (QED) is 0.704. The van der Waals surface area contributed by atoms with Gasteiger partial charge in [0.1, 0.15) is 6.04 Å². The monoisotopic (exact) mass is 250 g/mol. The fourth-order valence-corrected chi connectivity index (χ4v) is 1.62. The maximum absolute atomic E-state index is 12.0. The van der Waals surface area contributed by atoms with Crippen molar-refractivity contribution in [3.8, 4) is 0 Å². The highest BCUT2D eigenvalue weighted by Crippen LogP contribution is 2.13. The van der Waals surface area contributed by atoms with Crippen molar-refractivity contribution in [1.29, 1.82) is 0 Å². The number of rotatable bonds is 4. The zero-order valence-electron chi connectivity index (χ0n) is 10.7. The third-order valence-corrected chi connectivity index (χ3v) is 2.73. The smallest absolute Gasteiger partial charge is 0.326 e. The third kappa shape index (κ3) is 3.23. The topological polar surface area (TPSA) is 92.4 Å². The molecule has 98 valence electrons. The second-order valence-corrected chi connectivity index (χ2v) is 4.61. The van der Waals surface area contributed by atoms with E-state index in [1.54, 1.807) is 39.0 Å². The second kappa shape index (κ2) is 5.53. The number of hydrogen-bond acceptors (Lipinski definition) is 3. The second-order valence-electron chi connectivity index (χ2n) is 4.61. The molecule has 0 aromatic heterocycles. The van der Waals surface area contributed by atoms with Crippen LogP contribution in [0.15, 0.2) is 18.2 Å². The number of benzene rings is 1. The number of carboxylic acids is 1. The average Bonchev–Trinajstić information content (AvgIpc) is 2.28. The summed E-state index contributed by atoms with van der Waals surface area (Å²) in [5.74, 6) is -1.64. The van der Waals surface area contributed by atoms with Crippen LogP contribution >= 0.6 is 0 Å². The van der Waals surface area contributed by atoms with Gasteiger partial charge in [-0.3, -0.25) is 4.79 Å². The first-order valence-electron chi connectivity index (χ1n) is 5.72. The van der Waals surface area contributed by atoms with E-state index in [-0.39, 0.29) is 5.92 Å². The molecule has 0 saturated heterocycles. The van der Waals surface area contributed by atoms with Gasteiger partial charge in [-0.2, -0.15) is 0 Å². The molecule has 0 aliphatic rings. The number of carbonyl (C=O) groups excluding carboxylic acids is 1. The highest BCUT2D eigenvalue weighted by Gasteiger charge is 2.24. The van der Waals surface area contributed by atoms with E-state index in [1.807, 2.05) is 0 Å². The van der Waals surface area contributed by atoms with Crippen molar-refractivity contribution in [2.24, 2.45) is 5.92 Å². The molecule has 0 unspecified atom stereocenters. The lowest BCUT2D eigenvalue weighted by Gasteiger charge is -2.18. The predicted octanol–water partition coefficient (Wildman–Crippen LogP) is 1.42. The molecule has 0 aliphatic heterocycles. The van der Waals surface area contributed by atoms with Crippen LogP contribution in [0.2, 0.25) is 0 Å². The van der Waals surface area contributed by atoms with Crippen LogP contribution in [-0.4, -0.2) is 23.0 Å². The van der Waals surface area contributed by atoms with Crippen molar-refractivity contribution in [2.75, 3.05) is 5.73 Å². The van der Waals surface area contributed by atoms with E-state index in [9.17, 15) is 9.59 Å². The molecule has 0 heterocycles. The summed E-state index contributed by atoms with van der Waals surface area (Å²) in [6.07, 6.45) is 0. The van der Waals surface area contributed by atoms with Crippen LogP contribution in [0, 0.1) is 12.8 Å². The fraction of sp³-hybridized carbons (Fsp3) is 0.385. The lowest BCUT2D eigenvalue weighted by atomic mass is 10.0. The molecule has 0 fully saturated rings. The molecular formula is C13H18N2O3. The Balaban J connectivity index is 2.94. The average molecular weight is 250 g/mol. The molecule has 5 nitrogen and oxygen atoms in total. The summed E-state index contributed by atoms with van der Waals surface area (Å²) in [5.41, 5.74) is 7.26. The normalized spacial score (nSPS) is 12.2. The van der Waals surface area contributed by atoms with Crippen molar-refractivity contribution >= 4 is 17.6 Å². The Kier molecular flexibility index (Phi) is 4.31. The molecule has 0 saturated carbocycles. The van der Waals surface area contributed by atoms with E-state index < -0.39 is 17.9 Å². The minimum absolute atomic E-state index is 0.187. The molecule has 5 heteroatoms. The number of aryl methyl sites for hydroxylation is 1. The van der Waals surface area contributed by atoms with Gasteiger partial charge < -0.3 is 16.2 Å². The lowest BCUT2D eigenvalue weighted by Crippen LogP contribution is -2.44. The number of carbonyl (C=O) groups is 2. The number of anilines is 1. The maximum atomic E-state index is 12.0. The van der Waals surface area contributed by atoms with Gasteiger partial charge in [0.25, 0.3) is 5.91 Å². The Hall–Kier alpha value is -2.04. The van der Waals surface area contributed by atoms with E-state index in [2.05, 4.69) is 5.32 Å². The number of amides is 1. The Morgan fingerprint density at radius 3 is 2.44 bits per heavy atom. The Morgan fingerprint density at radius 1 is 1.33 bits per heavy atom. The van der Waals surface area contributed by atoms with E-state index in [4.69, 9.17) is 10.8 Å². The molecule has 0 radical (unpaired) electrons. The number of hydrogen-bond donors (Lipinski definition) is 3. The van der Waals surface area contributed by atoms with E-state index in [0.29, 0.717) is 11.3 Å². The van der Waals surface area contributed by atoms with Crippen LogP contribution in [0.5, 0.6) is 0 Å². The molecule has 0 aliphatic carbocycles. The lowest BCUT2D eigenvalue weighted by molar-refractivity contribution is -0.140. The van der Waals surface area contributed by atoms with Gasteiger partial charge >= 0.3 is 5.97 Å². The number of carboxylic acid groups (broad SMARTS) is 1. The van der Waals surface area contributed by atoms with Gasteiger partial charge in [-0.25, -0.2) is 4.79 Å². The number of nitrogens with one attached hydrogen (secondary N) is 1. The van der Waals surface area contributed by atoms with Crippen molar-refractivity contribution in [3.05, 3.63) is 29.3 Å². The molecule has 1 amide bonds. The summed E-state index contributed by atoms with van der Waals surface area (Å²) >= 11 is 0. The molecule has 1 atom stereocenters. The molecule has 4 N–H and O–H groups in total. The molecule has 0 spiro atoms. The van der Waals surface area contributed by atoms with Crippen molar-refractivity contribution in [2.45, 2.75) is 26.8 Å². The first-order valence-corrected chi connectivity index (χ1v) is 5.72. The highest BCUT2D eigenvalue weighted by molar-refractivity contribution is 5.98. The molecule has 1 aromatic carbocycles. The van der Waals surface area contributed by atoms with Crippen LogP contribution in [0.3, 0.4) is 0 Å². The SMILES string of the molecule is Cc1ccc(N)cc1C(=O)N[C@@H](C(=O)O)C(C)C. The third-order valence-electron chi connectivity index (χ3n) is 2.73. The highest BCUT2D eigenvalue weighted by atomic mass is 16.4. The number of nitrogen functional groups attached to an aromatic ring is 1. The van der Waals surface area contributed by atoms with E-state index in [0.717, 1.165) is 5.56 Å². The van der Waals surface area contributed by atoms with Crippen LogP contribution in [0.4, 0.5) is 5.69 Å². The Morgan fingerprint density at radius 2 is 1.94 bits per heavy atom. The molecule has 18 heavy (non-hydrogen) atoms. The number of aliphatic carboxylic acids is 1. The van der Waals surface area contributed by atoms with Gasteiger partial charge in [0.05, 0.1) is 0 Å². The zero-order chi connectivity index (χ0) is 13.9. The van der Waals surface area contributed by atoms with Gasteiger partial charge in [-0.05, 0) is 30.5 Å². The standard InChI is InChI=1S/C13H18N2O3/c1-7(2)11(13(17)18)15-12(16)10-6-9(14)5-4-8(10)3/h4-7,11H,14H2,1-3H3,(H,15,16)(H,17,18)/t11-/m1/s1. The first kappa shape index (κ1) is 14.0. The van der Waals surface area contributed by atoms with Gasteiger partial charge in [0.15, 0.2) is 0 Å². The van der Waals surface area contributed by atoms with Gasteiger partial charge in [0, 0.05) is 11.3 Å². The Labute approximate surface area is 106 Å². The Bertz CT molecular complexity index is 469. The molecule has 1 aromatic rings. The zero-order valence-corrected chi connectivity index (χ0v) is 10.7. The van der Waals surface area contributed by atoms with Crippen LogP contribution < -0.4 is 11.1 Å². The maximum Gasteiger partial charge on any atom is 0.326 e. The van der Waals surface area contributed by atoms with Gasteiger partial charge in [-0.1, -0.05) is 19.9 Å². The van der Waals surface area contributed by atoms with E-state index >= 15 is 0 Å². The largest absolute Gasteiger partial charge is 0.480 e. The molecule has 1 rings (SSSR count). The summed E-state index contributed by atoms with van der Waals surface area (Å²) in [6.45, 7) is 5.26. The number of nitrogens with two attached hydrogens (primary N) is 1. The first-order chi connectivity index (χ1) is 8.32. The van der Waals surface area contributed by atoms with Crippen LogP contribution in [-0.2, 0) is 4.79 Å². The fourth-order valence-electron chi connectivity index (χ4n) is 1.62. The summed E-state index contributed by atoms with van der Waals surface area (Å²) < 4.78 is 0. The molecular weight excluding hydrogens is 232 g/mol. The summed E-state index contributed by atoms with van der Waals surface area (Å²) in [4.78, 5) is 23.0. The summed E-state index contributed by atoms with van der Waals surface area (Å²) in [6, 6.07) is 4.07. The van der Waals surface area contributed by atoms with Crippen molar-refractivity contribution in [3.63, 3.8) is 0 Å². The van der Waals surface area contributed by atoms with Crippen LogP contribution in [0.25, 0.3) is 0 Å². The van der Waals surface area contributed by atoms with Crippen molar-refractivity contribution < 1.29 is 14.7 Å². The minimum Gasteiger partial charge on any atom is -0.480 e. The van der Waals surface area contributed by atoms with Crippen LogP contribution in [0.1, 0.15) is 29.8 Å².